The Kier molecular flexibility index (Phi) is 5.42. The lowest BCUT2D eigenvalue weighted by Gasteiger charge is -2.27. The number of nitrogens with one attached hydrogen (secondary N) is 1. The van der Waals surface area contributed by atoms with Gasteiger partial charge in [-0.1, -0.05) is 15.9 Å². The van der Waals surface area contributed by atoms with E-state index in [1.54, 1.807) is 6.07 Å². The summed E-state index contributed by atoms with van der Waals surface area (Å²) >= 11 is 9.15. The molecule has 0 radical (unpaired) electrons. The predicted octanol–water partition coefficient (Wildman–Crippen LogP) is 3.29. The molecule has 2 aromatic rings. The molecule has 3 aliphatic rings. The van der Waals surface area contributed by atoms with Crippen LogP contribution in [0.15, 0.2) is 22.7 Å². The number of carbonyl (C=O) groups excluding carboxylic acids is 1. The smallest absolute Gasteiger partial charge is 0.228 e. The van der Waals surface area contributed by atoms with Gasteiger partial charge in [-0.25, -0.2) is 4.39 Å². The fourth-order valence-electron chi connectivity index (χ4n) is 5.03. The summed E-state index contributed by atoms with van der Waals surface area (Å²) in [4.78, 5) is 14.8. The summed E-state index contributed by atoms with van der Waals surface area (Å²) in [6, 6.07) is 5.16. The van der Waals surface area contributed by atoms with Crippen molar-refractivity contribution in [2.45, 2.75) is 30.7 Å². The zero-order chi connectivity index (χ0) is 19.6. The minimum atomic E-state index is -0.224. The minimum absolute atomic E-state index is 0. The number of hydrogen-bond acceptors (Lipinski definition) is 3. The number of nitrogens with zero attached hydrogens (tertiary/aromatic N) is 3. The normalized spacial score (nSPS) is 24.7. The highest BCUT2D eigenvalue weighted by atomic mass is 79.9. The first kappa shape index (κ1) is 21.0. The fraction of sp³-hybridized carbons (Fsp3) is 0.500. The molecular weight excluding hydrogens is 479 g/mol. The Bertz CT molecular complexity index is 1050. The van der Waals surface area contributed by atoms with Gasteiger partial charge in [-0.05, 0) is 42.4 Å². The third-order valence-corrected chi connectivity index (χ3v) is 7.60. The summed E-state index contributed by atoms with van der Waals surface area (Å²) in [6.45, 7) is 3.86. The van der Waals surface area contributed by atoms with E-state index in [-0.39, 0.29) is 35.5 Å². The Morgan fingerprint density at radius 1 is 1.38 bits per heavy atom. The lowest BCUT2D eigenvalue weighted by molar-refractivity contribution is -0.131. The first-order valence-corrected chi connectivity index (χ1v) is 10.8. The van der Waals surface area contributed by atoms with Crippen LogP contribution in [0.4, 0.5) is 4.39 Å². The van der Waals surface area contributed by atoms with Gasteiger partial charge in [0.1, 0.15) is 5.82 Å². The fourth-order valence-corrected chi connectivity index (χ4v) is 5.66. The number of carbonyl (C=O) groups is 1. The average Bonchev–Trinajstić information content (AvgIpc) is 3.26. The van der Waals surface area contributed by atoms with Crippen LogP contribution in [0.5, 0.6) is 0 Å². The number of aromatic nitrogens is 2. The third kappa shape index (κ3) is 3.19. The van der Waals surface area contributed by atoms with Crippen molar-refractivity contribution in [1.82, 2.24) is 19.4 Å². The molecule has 0 bridgehead atoms. The molecular formula is C20H23BrClFN4OS. The molecule has 156 valence electrons. The van der Waals surface area contributed by atoms with E-state index in [1.165, 1.54) is 6.07 Å². The van der Waals surface area contributed by atoms with E-state index in [4.69, 9.17) is 12.2 Å². The van der Waals surface area contributed by atoms with E-state index >= 15 is 0 Å². The van der Waals surface area contributed by atoms with E-state index in [1.807, 2.05) is 22.6 Å². The number of halogens is 3. The number of fused-ring (bicyclic) bond motifs is 3. The van der Waals surface area contributed by atoms with Crippen molar-refractivity contribution >= 4 is 46.5 Å². The molecule has 1 aromatic heterocycles. The van der Waals surface area contributed by atoms with Crippen LogP contribution in [0.25, 0.3) is 0 Å². The van der Waals surface area contributed by atoms with Crippen molar-refractivity contribution in [3.63, 3.8) is 0 Å². The van der Waals surface area contributed by atoms with Crippen LogP contribution in [-0.2, 0) is 30.2 Å². The molecule has 1 amide bonds. The summed E-state index contributed by atoms with van der Waals surface area (Å²) < 4.78 is 20.3. The molecule has 1 saturated heterocycles. The van der Waals surface area contributed by atoms with Gasteiger partial charge in [0.15, 0.2) is 4.77 Å². The zero-order valence-electron chi connectivity index (χ0n) is 16.1. The van der Waals surface area contributed by atoms with Crippen LogP contribution in [0.2, 0.25) is 0 Å². The zero-order valence-corrected chi connectivity index (χ0v) is 19.3. The van der Waals surface area contributed by atoms with Crippen molar-refractivity contribution in [3.8, 4) is 0 Å². The standard InChI is InChI=1S/C20H22BrFN4OS.ClH/c1-24-16(9-17(27)25-6-4-23-5-7-25)18-14-10-20(14,11-26(18)19(24)28)13-8-12(21)2-3-15(13)22;/h2-3,8,14,23H,4-7,9-11H2,1H3;1H/t14-,20+;/m0./s1. The molecule has 2 fully saturated rings. The number of benzene rings is 1. The second-order valence-electron chi connectivity index (χ2n) is 8.10. The van der Waals surface area contributed by atoms with Crippen LogP contribution >= 0.6 is 40.6 Å². The summed E-state index contributed by atoms with van der Waals surface area (Å²) in [5.74, 6) is 0.211. The summed E-state index contributed by atoms with van der Waals surface area (Å²) in [5, 5.41) is 3.28. The van der Waals surface area contributed by atoms with E-state index in [0.29, 0.717) is 13.0 Å². The molecule has 2 aliphatic heterocycles. The highest BCUT2D eigenvalue weighted by Crippen LogP contribution is 2.66. The summed E-state index contributed by atoms with van der Waals surface area (Å²) in [5.41, 5.74) is 2.66. The molecule has 1 aliphatic carbocycles. The summed E-state index contributed by atoms with van der Waals surface area (Å²) in [6.07, 6.45) is 1.27. The highest BCUT2D eigenvalue weighted by molar-refractivity contribution is 9.10. The van der Waals surface area contributed by atoms with Crippen molar-refractivity contribution < 1.29 is 9.18 Å². The van der Waals surface area contributed by atoms with E-state index in [9.17, 15) is 9.18 Å². The van der Waals surface area contributed by atoms with E-state index < -0.39 is 0 Å². The van der Waals surface area contributed by atoms with Crippen molar-refractivity contribution in [1.29, 1.82) is 0 Å². The topological polar surface area (TPSA) is 42.2 Å². The second-order valence-corrected chi connectivity index (χ2v) is 9.39. The van der Waals surface area contributed by atoms with Gasteiger partial charge < -0.3 is 19.4 Å². The van der Waals surface area contributed by atoms with Gasteiger partial charge >= 0.3 is 0 Å². The number of piperazine rings is 1. The monoisotopic (exact) mass is 500 g/mol. The predicted molar refractivity (Wildman–Crippen MR) is 118 cm³/mol. The van der Waals surface area contributed by atoms with Crippen LogP contribution in [0, 0.1) is 10.6 Å². The van der Waals surface area contributed by atoms with Crippen molar-refractivity contribution in [3.05, 3.63) is 50.2 Å². The SMILES string of the molecule is Cl.Cn1c(CC(=O)N2CCNCC2)c2n(c1=S)C[C@@]1(c3cc(Br)ccc3F)C[C@@H]21. The Morgan fingerprint density at radius 2 is 2.10 bits per heavy atom. The molecule has 1 aromatic carbocycles. The van der Waals surface area contributed by atoms with Gasteiger partial charge in [0, 0.05) is 67.0 Å². The van der Waals surface area contributed by atoms with Crippen molar-refractivity contribution in [2.75, 3.05) is 26.2 Å². The van der Waals surface area contributed by atoms with Crippen LogP contribution < -0.4 is 5.32 Å². The highest BCUT2D eigenvalue weighted by Gasteiger charge is 2.63. The first-order chi connectivity index (χ1) is 13.4. The molecule has 1 saturated carbocycles. The molecule has 0 unspecified atom stereocenters. The Labute approximate surface area is 188 Å². The van der Waals surface area contributed by atoms with Crippen LogP contribution in [-0.4, -0.2) is 46.1 Å². The maximum atomic E-state index is 14.6. The largest absolute Gasteiger partial charge is 0.340 e. The lowest BCUT2D eigenvalue weighted by atomic mass is 9.93. The third-order valence-electron chi connectivity index (χ3n) is 6.61. The first-order valence-electron chi connectivity index (χ1n) is 9.65. The maximum absolute atomic E-state index is 14.6. The van der Waals surface area contributed by atoms with Crippen LogP contribution in [0.3, 0.4) is 0 Å². The number of imidazole rings is 1. The second kappa shape index (κ2) is 7.48. The summed E-state index contributed by atoms with van der Waals surface area (Å²) in [7, 11) is 1.94. The molecule has 9 heteroatoms. The van der Waals surface area contributed by atoms with Gasteiger partial charge in [0.25, 0.3) is 0 Å². The molecule has 5 nitrogen and oxygen atoms in total. The molecule has 2 atom stereocenters. The lowest BCUT2D eigenvalue weighted by Crippen LogP contribution is -2.47. The Balaban J connectivity index is 0.00000205. The average molecular weight is 502 g/mol. The van der Waals surface area contributed by atoms with Gasteiger partial charge in [0.2, 0.25) is 5.91 Å². The molecule has 0 spiro atoms. The maximum Gasteiger partial charge on any atom is 0.228 e. The van der Waals surface area contributed by atoms with Gasteiger partial charge in [0.05, 0.1) is 6.42 Å². The Morgan fingerprint density at radius 3 is 2.83 bits per heavy atom. The Hall–Kier alpha value is -1.22. The van der Waals surface area contributed by atoms with Gasteiger partial charge in [-0.3, -0.25) is 4.79 Å². The van der Waals surface area contributed by atoms with Gasteiger partial charge in [-0.15, -0.1) is 12.4 Å². The molecule has 29 heavy (non-hydrogen) atoms. The quantitative estimate of drug-likeness (QED) is 0.657. The molecule has 5 rings (SSSR count). The molecule has 3 heterocycles. The van der Waals surface area contributed by atoms with E-state index in [2.05, 4.69) is 25.8 Å². The van der Waals surface area contributed by atoms with Crippen LogP contribution in [0.1, 0.15) is 29.3 Å². The number of hydrogen-bond donors (Lipinski definition) is 1. The minimum Gasteiger partial charge on any atom is -0.340 e. The molecule has 1 N–H and O–H groups in total. The van der Waals surface area contributed by atoms with Crippen molar-refractivity contribution in [2.24, 2.45) is 7.05 Å². The number of rotatable bonds is 3. The van der Waals surface area contributed by atoms with Gasteiger partial charge in [-0.2, -0.15) is 0 Å². The number of amides is 1. The van der Waals surface area contributed by atoms with E-state index in [0.717, 1.165) is 58.8 Å².